The first kappa shape index (κ1) is 17.9. The summed E-state index contributed by atoms with van der Waals surface area (Å²) in [6.45, 7) is 9.60. The summed E-state index contributed by atoms with van der Waals surface area (Å²) in [4.78, 5) is 27.7. The van der Waals surface area contributed by atoms with Crippen LogP contribution in [-0.2, 0) is 9.59 Å². The van der Waals surface area contributed by atoms with Crippen molar-refractivity contribution in [3.63, 3.8) is 0 Å². The third kappa shape index (κ3) is 2.95. The van der Waals surface area contributed by atoms with Crippen molar-refractivity contribution in [3.05, 3.63) is 23.5 Å². The molecule has 0 aliphatic carbocycles. The maximum atomic E-state index is 12.3. The van der Waals surface area contributed by atoms with E-state index in [1.54, 1.807) is 6.92 Å². The molecule has 0 aromatic heterocycles. The molecule has 3 rings (SSSR count). The van der Waals surface area contributed by atoms with E-state index in [1.807, 2.05) is 6.92 Å². The fourth-order valence-corrected chi connectivity index (χ4v) is 4.69. The molecule has 4 N–H and O–H groups in total. The van der Waals surface area contributed by atoms with Crippen LogP contribution in [0.25, 0.3) is 0 Å². The number of carbonyl (C=O) groups excluding carboxylic acids is 1. The van der Waals surface area contributed by atoms with E-state index in [0.717, 1.165) is 31.5 Å². The molecule has 138 valence electrons. The van der Waals surface area contributed by atoms with Crippen molar-refractivity contribution in [2.45, 2.75) is 38.8 Å². The zero-order valence-corrected chi connectivity index (χ0v) is 14.8. The summed E-state index contributed by atoms with van der Waals surface area (Å²) in [6, 6.07) is -0.240. The Morgan fingerprint density at radius 1 is 1.48 bits per heavy atom. The van der Waals surface area contributed by atoms with Gasteiger partial charge in [-0.05, 0) is 37.8 Å². The Balaban J connectivity index is 1.77. The van der Waals surface area contributed by atoms with Gasteiger partial charge < -0.3 is 20.8 Å². The normalized spacial score (nSPS) is 33.4. The van der Waals surface area contributed by atoms with E-state index < -0.39 is 18.0 Å². The second-order valence-corrected chi connectivity index (χ2v) is 7.69. The molecule has 3 heterocycles. The van der Waals surface area contributed by atoms with Crippen LogP contribution in [0.15, 0.2) is 23.5 Å². The van der Waals surface area contributed by atoms with E-state index >= 15 is 0 Å². The first-order valence-electron chi connectivity index (χ1n) is 8.85. The van der Waals surface area contributed by atoms with Crippen LogP contribution >= 0.6 is 0 Å². The zero-order valence-electron chi connectivity index (χ0n) is 14.8. The molecular formula is C18H27N3O4. The van der Waals surface area contributed by atoms with Gasteiger partial charge in [-0.25, -0.2) is 4.79 Å². The average molecular weight is 349 g/mol. The summed E-state index contributed by atoms with van der Waals surface area (Å²) in [6.07, 6.45) is 1.04. The fourth-order valence-electron chi connectivity index (χ4n) is 4.69. The van der Waals surface area contributed by atoms with Crippen molar-refractivity contribution in [3.8, 4) is 0 Å². The molecule has 0 bridgehead atoms. The smallest absolute Gasteiger partial charge is 0.352 e. The molecule has 25 heavy (non-hydrogen) atoms. The van der Waals surface area contributed by atoms with Gasteiger partial charge in [-0.3, -0.25) is 9.69 Å². The molecule has 7 nitrogen and oxygen atoms in total. The summed E-state index contributed by atoms with van der Waals surface area (Å²) in [5.41, 5.74) is 7.29. The second kappa shape index (κ2) is 6.46. The Kier molecular flexibility index (Phi) is 4.64. The summed E-state index contributed by atoms with van der Waals surface area (Å²) < 4.78 is 0. The molecule has 3 aliphatic heterocycles. The van der Waals surface area contributed by atoms with Crippen molar-refractivity contribution in [1.29, 1.82) is 0 Å². The van der Waals surface area contributed by atoms with E-state index in [0.29, 0.717) is 18.2 Å². The number of aliphatic hydroxyl groups is 1. The lowest BCUT2D eigenvalue weighted by molar-refractivity contribution is -0.163. The van der Waals surface area contributed by atoms with Crippen molar-refractivity contribution >= 4 is 11.9 Å². The van der Waals surface area contributed by atoms with E-state index in [4.69, 9.17) is 5.73 Å². The number of nitrogens with zero attached hydrogens (tertiary/aromatic N) is 2. The van der Waals surface area contributed by atoms with Crippen LogP contribution in [0, 0.1) is 17.8 Å². The zero-order chi connectivity index (χ0) is 18.5. The van der Waals surface area contributed by atoms with Crippen LogP contribution in [0.1, 0.15) is 26.7 Å². The number of carboxylic acids is 1. The molecule has 2 unspecified atom stereocenters. The van der Waals surface area contributed by atoms with Crippen molar-refractivity contribution in [1.82, 2.24) is 9.80 Å². The van der Waals surface area contributed by atoms with Crippen molar-refractivity contribution < 1.29 is 19.8 Å². The topological polar surface area (TPSA) is 107 Å². The number of fused-ring (bicyclic) bond motifs is 1. The highest BCUT2D eigenvalue weighted by Crippen LogP contribution is 2.47. The van der Waals surface area contributed by atoms with Crippen LogP contribution in [0.2, 0.25) is 0 Å². The first-order valence-corrected chi connectivity index (χ1v) is 8.85. The van der Waals surface area contributed by atoms with Gasteiger partial charge in [-0.1, -0.05) is 13.5 Å². The molecule has 0 radical (unpaired) electrons. The standard InChI is InChI=1S/C18H27N3O4/c1-9(19)6-12-4-5-20(7-12)8-13-10(2)15-14(11(3)22)17(23)21(15)16(13)18(24)25/h10-12,14-15,22H,1,4-8,19H2,2-3H3,(H,24,25)/t10-,11+,12-,14?,15?/m0/s1. The lowest BCUT2D eigenvalue weighted by Crippen LogP contribution is -2.63. The maximum Gasteiger partial charge on any atom is 0.352 e. The molecular weight excluding hydrogens is 322 g/mol. The van der Waals surface area contributed by atoms with Gasteiger partial charge in [0.1, 0.15) is 5.70 Å². The van der Waals surface area contributed by atoms with Crippen LogP contribution in [0.3, 0.4) is 0 Å². The molecule has 5 atom stereocenters. The van der Waals surface area contributed by atoms with Gasteiger partial charge in [0, 0.05) is 24.7 Å². The number of likely N-dealkylation sites (tertiary alicyclic amines) is 1. The number of aliphatic carboxylic acids is 1. The van der Waals surface area contributed by atoms with Crippen LogP contribution in [0.5, 0.6) is 0 Å². The van der Waals surface area contributed by atoms with Gasteiger partial charge in [0.05, 0.1) is 18.1 Å². The molecule has 3 aliphatic rings. The molecule has 0 saturated carbocycles. The number of allylic oxidation sites excluding steroid dienone is 1. The quantitative estimate of drug-likeness (QED) is 0.598. The van der Waals surface area contributed by atoms with E-state index in [-0.39, 0.29) is 23.6 Å². The third-order valence-corrected chi connectivity index (χ3v) is 5.83. The van der Waals surface area contributed by atoms with E-state index in [1.165, 1.54) is 4.90 Å². The summed E-state index contributed by atoms with van der Waals surface area (Å²) in [5.74, 6) is -1.46. The lowest BCUT2D eigenvalue weighted by atomic mass is 9.77. The fraction of sp³-hybridized carbons (Fsp3) is 0.667. The predicted octanol–water partition coefficient (Wildman–Crippen LogP) is 0.367. The highest BCUT2D eigenvalue weighted by molar-refractivity contribution is 6.00. The van der Waals surface area contributed by atoms with Gasteiger partial charge in [-0.15, -0.1) is 0 Å². The molecule has 2 saturated heterocycles. The van der Waals surface area contributed by atoms with Crippen molar-refractivity contribution in [2.75, 3.05) is 19.6 Å². The number of hydrogen-bond donors (Lipinski definition) is 3. The molecule has 2 fully saturated rings. The van der Waals surface area contributed by atoms with Gasteiger partial charge in [-0.2, -0.15) is 0 Å². The maximum absolute atomic E-state index is 12.3. The van der Waals surface area contributed by atoms with Crippen LogP contribution < -0.4 is 5.73 Å². The van der Waals surface area contributed by atoms with Crippen LogP contribution in [-0.4, -0.2) is 63.7 Å². The lowest BCUT2D eigenvalue weighted by Gasteiger charge is -2.46. The number of hydrogen-bond acceptors (Lipinski definition) is 5. The minimum atomic E-state index is -1.06. The Morgan fingerprint density at radius 3 is 2.72 bits per heavy atom. The predicted molar refractivity (Wildman–Crippen MR) is 92.1 cm³/mol. The highest BCUT2D eigenvalue weighted by atomic mass is 16.4. The third-order valence-electron chi connectivity index (χ3n) is 5.83. The molecule has 0 aromatic rings. The number of rotatable bonds is 6. The molecule has 0 aromatic carbocycles. The summed E-state index contributed by atoms with van der Waals surface area (Å²) >= 11 is 0. The van der Waals surface area contributed by atoms with Gasteiger partial charge in [0.25, 0.3) is 0 Å². The minimum absolute atomic E-state index is 0.0630. The number of carbonyl (C=O) groups is 2. The summed E-state index contributed by atoms with van der Waals surface area (Å²) in [7, 11) is 0. The Morgan fingerprint density at radius 2 is 2.16 bits per heavy atom. The number of β-lactam (4-membered cyclic amide) rings is 1. The van der Waals surface area contributed by atoms with Gasteiger partial charge >= 0.3 is 5.97 Å². The van der Waals surface area contributed by atoms with Gasteiger partial charge in [0.2, 0.25) is 5.91 Å². The number of nitrogens with two attached hydrogens (primary N) is 1. The largest absolute Gasteiger partial charge is 0.477 e. The van der Waals surface area contributed by atoms with Crippen LogP contribution in [0.4, 0.5) is 0 Å². The Labute approximate surface area is 147 Å². The van der Waals surface area contributed by atoms with E-state index in [2.05, 4.69) is 11.5 Å². The molecule has 1 amide bonds. The Hall–Kier alpha value is -1.86. The number of amides is 1. The number of carboxylic acid groups (broad SMARTS) is 1. The minimum Gasteiger partial charge on any atom is -0.477 e. The highest BCUT2D eigenvalue weighted by Gasteiger charge is 2.59. The van der Waals surface area contributed by atoms with E-state index in [9.17, 15) is 19.8 Å². The monoisotopic (exact) mass is 349 g/mol. The second-order valence-electron chi connectivity index (χ2n) is 7.69. The SMILES string of the molecule is C=C(N)C[C@@H]1CCN(CC2=C(C(=O)O)N3C(=O)C([C@@H](C)O)C3[C@H]2C)C1. The number of aliphatic hydroxyl groups excluding tert-OH is 1. The molecule has 0 spiro atoms. The summed E-state index contributed by atoms with van der Waals surface area (Å²) in [5, 5.41) is 19.5. The van der Waals surface area contributed by atoms with Crippen molar-refractivity contribution in [2.24, 2.45) is 23.5 Å². The Bertz CT molecular complexity index is 642. The average Bonchev–Trinajstić information content (AvgIpc) is 3.01. The van der Waals surface area contributed by atoms with Gasteiger partial charge in [0.15, 0.2) is 0 Å². The first-order chi connectivity index (χ1) is 11.7. The molecule has 7 heteroatoms.